The largest absolute Gasteiger partial charge is 0.497 e. The first-order chi connectivity index (χ1) is 7.71. The molecule has 0 radical (unpaired) electrons. The third-order valence-electron chi connectivity index (χ3n) is 2.14. The van der Waals surface area contributed by atoms with Gasteiger partial charge < -0.3 is 9.47 Å². The number of rotatable bonds is 5. The fraction of sp³-hybridized carbons (Fsp3) is 0.333. The van der Waals surface area contributed by atoms with E-state index in [1.165, 1.54) is 14.2 Å². The first-order valence-electron chi connectivity index (χ1n) is 4.84. The van der Waals surface area contributed by atoms with Gasteiger partial charge in [-0.3, -0.25) is 4.79 Å². The van der Waals surface area contributed by atoms with E-state index in [0.29, 0.717) is 17.1 Å². The highest BCUT2D eigenvalue weighted by Crippen LogP contribution is 2.23. The van der Waals surface area contributed by atoms with E-state index in [9.17, 15) is 4.79 Å². The van der Waals surface area contributed by atoms with E-state index in [2.05, 4.69) is 0 Å². The van der Waals surface area contributed by atoms with E-state index in [1.54, 1.807) is 18.2 Å². The molecule has 0 saturated carbocycles. The van der Waals surface area contributed by atoms with Crippen molar-refractivity contribution in [1.82, 2.24) is 0 Å². The van der Waals surface area contributed by atoms with Gasteiger partial charge in [-0.25, -0.2) is 0 Å². The number of hydrogen-bond donors (Lipinski definition) is 0. The Hall–Kier alpha value is -2.02. The molecule has 4 heteroatoms. The van der Waals surface area contributed by atoms with E-state index >= 15 is 0 Å². The summed E-state index contributed by atoms with van der Waals surface area (Å²) in [4.78, 5) is 11.7. The van der Waals surface area contributed by atoms with Crippen LogP contribution in [0.4, 0.5) is 0 Å². The molecule has 1 aromatic rings. The number of nitriles is 1. The molecular weight excluding hydrogens is 206 g/mol. The number of ketones is 1. The zero-order valence-corrected chi connectivity index (χ0v) is 9.32. The number of ether oxygens (including phenoxy) is 2. The number of Topliss-reactive ketones (excluding diaryl/α,β-unsaturated/α-hetero) is 1. The number of carbonyl (C=O) groups is 1. The average molecular weight is 219 g/mol. The Bertz CT molecular complexity index is 399. The van der Waals surface area contributed by atoms with Crippen LogP contribution in [0, 0.1) is 11.3 Å². The molecule has 4 nitrogen and oxygen atoms in total. The van der Waals surface area contributed by atoms with Crippen LogP contribution in [0.2, 0.25) is 0 Å². The van der Waals surface area contributed by atoms with Crippen molar-refractivity contribution in [2.75, 3.05) is 14.2 Å². The summed E-state index contributed by atoms with van der Waals surface area (Å²) in [6.45, 7) is 0. The van der Waals surface area contributed by atoms with Gasteiger partial charge in [0.15, 0.2) is 5.78 Å². The fourth-order valence-corrected chi connectivity index (χ4v) is 1.28. The minimum absolute atomic E-state index is 0.0845. The zero-order valence-electron chi connectivity index (χ0n) is 9.32. The first kappa shape index (κ1) is 12.1. The second-order valence-corrected chi connectivity index (χ2v) is 3.18. The molecular formula is C12H13NO3. The maximum absolute atomic E-state index is 11.7. The van der Waals surface area contributed by atoms with Gasteiger partial charge in [0.2, 0.25) is 0 Å². The lowest BCUT2D eigenvalue weighted by Crippen LogP contribution is -2.00. The van der Waals surface area contributed by atoms with Crippen LogP contribution in [0.1, 0.15) is 23.2 Å². The first-order valence-corrected chi connectivity index (χ1v) is 4.84. The van der Waals surface area contributed by atoms with Crippen LogP contribution in [-0.4, -0.2) is 20.0 Å². The Labute approximate surface area is 94.4 Å². The van der Waals surface area contributed by atoms with Gasteiger partial charge >= 0.3 is 0 Å². The van der Waals surface area contributed by atoms with Crippen molar-refractivity contribution in [3.8, 4) is 17.6 Å². The predicted octanol–water partition coefficient (Wildman–Crippen LogP) is 2.19. The smallest absolute Gasteiger partial charge is 0.164 e. The van der Waals surface area contributed by atoms with E-state index < -0.39 is 0 Å². The zero-order chi connectivity index (χ0) is 12.0. The van der Waals surface area contributed by atoms with Crippen molar-refractivity contribution in [3.63, 3.8) is 0 Å². The molecule has 0 bridgehead atoms. The van der Waals surface area contributed by atoms with Gasteiger partial charge in [0.1, 0.15) is 11.5 Å². The van der Waals surface area contributed by atoms with Crippen molar-refractivity contribution < 1.29 is 14.3 Å². The van der Waals surface area contributed by atoms with Crippen LogP contribution in [0.5, 0.6) is 11.5 Å². The molecule has 0 amide bonds. The van der Waals surface area contributed by atoms with Crippen molar-refractivity contribution in [1.29, 1.82) is 5.26 Å². The molecule has 0 spiro atoms. The summed E-state index contributed by atoms with van der Waals surface area (Å²) < 4.78 is 10.1. The second-order valence-electron chi connectivity index (χ2n) is 3.18. The standard InChI is InChI=1S/C12H13NO3/c1-15-10-6-9(7-11(8-10)16-2)12(14)4-3-5-13/h6-8H,3-4H2,1-2H3. The third kappa shape index (κ3) is 2.99. The maximum atomic E-state index is 11.7. The Kier molecular flexibility index (Phi) is 4.34. The topological polar surface area (TPSA) is 59.3 Å². The summed E-state index contributed by atoms with van der Waals surface area (Å²) in [6.07, 6.45) is 0.436. The Balaban J connectivity index is 2.94. The monoisotopic (exact) mass is 219 g/mol. The molecule has 0 aliphatic carbocycles. The van der Waals surface area contributed by atoms with Gasteiger partial charge in [-0.1, -0.05) is 0 Å². The van der Waals surface area contributed by atoms with Crippen LogP contribution in [0.25, 0.3) is 0 Å². The van der Waals surface area contributed by atoms with Crippen LogP contribution >= 0.6 is 0 Å². The van der Waals surface area contributed by atoms with E-state index in [0.717, 1.165) is 0 Å². The molecule has 16 heavy (non-hydrogen) atoms. The number of carbonyl (C=O) groups excluding carboxylic acids is 1. The second kappa shape index (κ2) is 5.76. The summed E-state index contributed by atoms with van der Waals surface area (Å²) >= 11 is 0. The molecule has 1 rings (SSSR count). The summed E-state index contributed by atoms with van der Waals surface area (Å²) in [5, 5.41) is 8.41. The van der Waals surface area contributed by atoms with E-state index in [4.69, 9.17) is 14.7 Å². The van der Waals surface area contributed by atoms with Gasteiger partial charge in [0, 0.05) is 24.5 Å². The quantitative estimate of drug-likeness (QED) is 0.712. The van der Waals surface area contributed by atoms with Crippen molar-refractivity contribution in [3.05, 3.63) is 23.8 Å². The predicted molar refractivity (Wildman–Crippen MR) is 58.7 cm³/mol. The Morgan fingerprint density at radius 1 is 1.25 bits per heavy atom. The van der Waals surface area contributed by atoms with Crippen LogP contribution in [-0.2, 0) is 0 Å². The van der Waals surface area contributed by atoms with Gasteiger partial charge in [-0.15, -0.1) is 0 Å². The lowest BCUT2D eigenvalue weighted by atomic mass is 10.1. The summed E-state index contributed by atoms with van der Waals surface area (Å²) in [5.41, 5.74) is 0.506. The number of hydrogen-bond acceptors (Lipinski definition) is 4. The molecule has 0 aromatic heterocycles. The highest BCUT2D eigenvalue weighted by Gasteiger charge is 2.09. The van der Waals surface area contributed by atoms with Gasteiger partial charge in [0.05, 0.1) is 20.3 Å². The van der Waals surface area contributed by atoms with E-state index in [1.807, 2.05) is 6.07 Å². The summed E-state index contributed by atoms with van der Waals surface area (Å²) in [7, 11) is 3.05. The molecule has 0 atom stereocenters. The van der Waals surface area contributed by atoms with Gasteiger partial charge in [-0.2, -0.15) is 5.26 Å². The molecule has 0 saturated heterocycles. The molecule has 0 aliphatic rings. The summed E-state index contributed by atoms with van der Waals surface area (Å²) in [5.74, 6) is 1.05. The van der Waals surface area contributed by atoms with Crippen LogP contribution in [0.15, 0.2) is 18.2 Å². The third-order valence-corrected chi connectivity index (χ3v) is 2.14. The number of methoxy groups -OCH3 is 2. The molecule has 84 valence electrons. The van der Waals surface area contributed by atoms with Crippen molar-refractivity contribution >= 4 is 5.78 Å². The minimum Gasteiger partial charge on any atom is -0.497 e. The normalized spacial score (nSPS) is 9.31. The fourth-order valence-electron chi connectivity index (χ4n) is 1.28. The molecule has 0 N–H and O–H groups in total. The van der Waals surface area contributed by atoms with Gasteiger partial charge in [-0.05, 0) is 12.1 Å². The Morgan fingerprint density at radius 2 is 1.81 bits per heavy atom. The molecule has 0 aliphatic heterocycles. The van der Waals surface area contributed by atoms with Crippen LogP contribution < -0.4 is 9.47 Å². The molecule has 0 heterocycles. The molecule has 0 fully saturated rings. The average Bonchev–Trinajstić information content (AvgIpc) is 2.35. The summed E-state index contributed by atoms with van der Waals surface area (Å²) in [6, 6.07) is 6.92. The Morgan fingerprint density at radius 3 is 2.25 bits per heavy atom. The SMILES string of the molecule is COc1cc(OC)cc(C(=O)CCC#N)c1. The van der Waals surface area contributed by atoms with Crippen molar-refractivity contribution in [2.24, 2.45) is 0 Å². The number of benzene rings is 1. The lowest BCUT2D eigenvalue weighted by molar-refractivity contribution is 0.0983. The number of nitrogens with zero attached hydrogens (tertiary/aromatic N) is 1. The van der Waals surface area contributed by atoms with E-state index in [-0.39, 0.29) is 18.6 Å². The highest BCUT2D eigenvalue weighted by atomic mass is 16.5. The molecule has 0 unspecified atom stereocenters. The lowest BCUT2D eigenvalue weighted by Gasteiger charge is -2.07. The molecule has 1 aromatic carbocycles. The van der Waals surface area contributed by atoms with Gasteiger partial charge in [0.25, 0.3) is 0 Å². The van der Waals surface area contributed by atoms with Crippen LogP contribution in [0.3, 0.4) is 0 Å². The maximum Gasteiger partial charge on any atom is 0.164 e. The van der Waals surface area contributed by atoms with Crippen molar-refractivity contribution in [2.45, 2.75) is 12.8 Å². The minimum atomic E-state index is -0.0845. The highest BCUT2D eigenvalue weighted by molar-refractivity contribution is 5.97.